The van der Waals surface area contributed by atoms with Crippen molar-refractivity contribution in [2.45, 2.75) is 39.3 Å². The average molecular weight is 261 g/mol. The Morgan fingerprint density at radius 3 is 2.84 bits per heavy atom. The van der Waals surface area contributed by atoms with Crippen molar-refractivity contribution in [1.82, 2.24) is 15.0 Å². The van der Waals surface area contributed by atoms with Crippen molar-refractivity contribution in [2.24, 2.45) is 5.92 Å². The molecule has 0 atom stereocenters. The van der Waals surface area contributed by atoms with Gasteiger partial charge in [0.05, 0.1) is 13.1 Å². The molecule has 1 fully saturated rings. The van der Waals surface area contributed by atoms with Crippen LogP contribution in [0.4, 0.5) is 0 Å². The second-order valence-electron chi connectivity index (χ2n) is 5.44. The van der Waals surface area contributed by atoms with Gasteiger partial charge in [-0.05, 0) is 44.9 Å². The predicted molar refractivity (Wildman–Crippen MR) is 69.3 cm³/mol. The molecule has 2 aromatic rings. The number of hydrogen-bond acceptors (Lipinski definition) is 5. The van der Waals surface area contributed by atoms with Crippen LogP contribution in [0.15, 0.2) is 21.1 Å². The first-order valence-electron chi connectivity index (χ1n) is 6.74. The zero-order valence-electron chi connectivity index (χ0n) is 11.4. The summed E-state index contributed by atoms with van der Waals surface area (Å²) in [5.41, 5.74) is 0. The Morgan fingerprint density at radius 2 is 2.16 bits per heavy atom. The summed E-state index contributed by atoms with van der Waals surface area (Å²) in [7, 11) is 2.02. The highest BCUT2D eigenvalue weighted by molar-refractivity contribution is 5.05. The van der Waals surface area contributed by atoms with Crippen LogP contribution in [0.1, 0.15) is 36.1 Å². The Balaban J connectivity index is 1.53. The lowest BCUT2D eigenvalue weighted by Crippen LogP contribution is -2.17. The minimum absolute atomic E-state index is 0.650. The number of aryl methyl sites for hydroxylation is 1. The van der Waals surface area contributed by atoms with Crippen LogP contribution >= 0.6 is 0 Å². The van der Waals surface area contributed by atoms with Gasteiger partial charge in [0.1, 0.15) is 11.5 Å². The third-order valence-corrected chi connectivity index (χ3v) is 3.31. The molecule has 1 aliphatic rings. The van der Waals surface area contributed by atoms with E-state index in [1.807, 2.05) is 26.1 Å². The second-order valence-corrected chi connectivity index (χ2v) is 5.44. The predicted octanol–water partition coefficient (Wildman–Crippen LogP) is 2.56. The number of aromatic nitrogens is 2. The van der Waals surface area contributed by atoms with Crippen LogP contribution in [0.3, 0.4) is 0 Å². The molecule has 0 bridgehead atoms. The molecule has 0 aromatic carbocycles. The van der Waals surface area contributed by atoms with Gasteiger partial charge in [-0.2, -0.15) is 4.98 Å². The molecule has 1 saturated carbocycles. The van der Waals surface area contributed by atoms with E-state index in [0.717, 1.165) is 36.2 Å². The first kappa shape index (κ1) is 12.4. The third-order valence-electron chi connectivity index (χ3n) is 3.31. The van der Waals surface area contributed by atoms with E-state index in [0.29, 0.717) is 12.4 Å². The van der Waals surface area contributed by atoms with Crippen molar-refractivity contribution in [2.75, 3.05) is 7.05 Å². The van der Waals surface area contributed by atoms with Crippen LogP contribution in [0, 0.1) is 12.8 Å². The van der Waals surface area contributed by atoms with E-state index < -0.39 is 0 Å². The van der Waals surface area contributed by atoms with Gasteiger partial charge in [0.25, 0.3) is 0 Å². The lowest BCUT2D eigenvalue weighted by Gasteiger charge is -2.11. The van der Waals surface area contributed by atoms with Crippen molar-refractivity contribution in [3.05, 3.63) is 35.4 Å². The number of furan rings is 1. The summed E-state index contributed by atoms with van der Waals surface area (Å²) >= 11 is 0. The highest BCUT2D eigenvalue weighted by atomic mass is 16.5. The lowest BCUT2D eigenvalue weighted by atomic mass is 10.3. The summed E-state index contributed by atoms with van der Waals surface area (Å²) in [4.78, 5) is 6.53. The summed E-state index contributed by atoms with van der Waals surface area (Å²) in [6.45, 7) is 3.34. The van der Waals surface area contributed by atoms with Gasteiger partial charge in [0.2, 0.25) is 5.89 Å². The highest BCUT2D eigenvalue weighted by Gasteiger charge is 2.24. The molecule has 2 aromatic heterocycles. The second kappa shape index (κ2) is 5.17. The van der Waals surface area contributed by atoms with Crippen LogP contribution in [-0.4, -0.2) is 22.1 Å². The molecule has 0 N–H and O–H groups in total. The summed E-state index contributed by atoms with van der Waals surface area (Å²) in [5.74, 6) is 4.21. The van der Waals surface area contributed by atoms with Crippen molar-refractivity contribution >= 4 is 0 Å². The van der Waals surface area contributed by atoms with Gasteiger partial charge >= 0.3 is 0 Å². The smallest absolute Gasteiger partial charge is 0.240 e. The third kappa shape index (κ3) is 3.44. The average Bonchev–Trinajstić information content (AvgIpc) is 2.91. The van der Waals surface area contributed by atoms with E-state index in [9.17, 15) is 0 Å². The molecule has 2 heterocycles. The van der Waals surface area contributed by atoms with Crippen molar-refractivity contribution in [3.63, 3.8) is 0 Å². The van der Waals surface area contributed by atoms with Crippen molar-refractivity contribution in [3.8, 4) is 0 Å². The molecule has 19 heavy (non-hydrogen) atoms. The molecule has 1 aliphatic carbocycles. The highest BCUT2D eigenvalue weighted by Crippen LogP contribution is 2.31. The van der Waals surface area contributed by atoms with E-state index in [-0.39, 0.29) is 0 Å². The molecule has 0 radical (unpaired) electrons. The van der Waals surface area contributed by atoms with E-state index in [2.05, 4.69) is 15.0 Å². The van der Waals surface area contributed by atoms with E-state index in [1.54, 1.807) is 0 Å². The number of nitrogens with zero attached hydrogens (tertiary/aromatic N) is 3. The van der Waals surface area contributed by atoms with Crippen LogP contribution in [0.2, 0.25) is 0 Å². The summed E-state index contributed by atoms with van der Waals surface area (Å²) in [6.07, 6.45) is 3.58. The van der Waals surface area contributed by atoms with Crippen LogP contribution in [-0.2, 0) is 19.5 Å². The zero-order chi connectivity index (χ0) is 13.2. The Kier molecular flexibility index (Phi) is 3.38. The van der Waals surface area contributed by atoms with Gasteiger partial charge < -0.3 is 8.94 Å². The van der Waals surface area contributed by atoms with Gasteiger partial charge in [-0.1, -0.05) is 5.16 Å². The minimum atomic E-state index is 0.650. The largest absolute Gasteiger partial charge is 0.465 e. The number of rotatable bonds is 6. The lowest BCUT2D eigenvalue weighted by molar-refractivity contribution is 0.242. The van der Waals surface area contributed by atoms with Gasteiger partial charge in [0, 0.05) is 6.42 Å². The molecule has 5 heteroatoms. The van der Waals surface area contributed by atoms with Crippen LogP contribution in [0.25, 0.3) is 0 Å². The fourth-order valence-electron chi connectivity index (χ4n) is 2.14. The monoisotopic (exact) mass is 261 g/mol. The Labute approximate surface area is 112 Å². The topological polar surface area (TPSA) is 55.3 Å². The summed E-state index contributed by atoms with van der Waals surface area (Å²) < 4.78 is 10.8. The van der Waals surface area contributed by atoms with Gasteiger partial charge in [-0.3, -0.25) is 4.90 Å². The van der Waals surface area contributed by atoms with Crippen LogP contribution in [0.5, 0.6) is 0 Å². The minimum Gasteiger partial charge on any atom is -0.465 e. The van der Waals surface area contributed by atoms with Crippen LogP contribution < -0.4 is 0 Å². The van der Waals surface area contributed by atoms with Gasteiger partial charge in [0.15, 0.2) is 5.82 Å². The standard InChI is InChI=1S/C14H19N3O2/c1-10-3-6-12(18-10)8-17(2)9-14-15-13(16-19-14)7-11-4-5-11/h3,6,11H,4-5,7-9H2,1-2H3. The zero-order valence-corrected chi connectivity index (χ0v) is 11.4. The van der Waals surface area contributed by atoms with Gasteiger partial charge in [-0.15, -0.1) is 0 Å². The fraction of sp³-hybridized carbons (Fsp3) is 0.571. The summed E-state index contributed by atoms with van der Waals surface area (Å²) in [5, 5.41) is 4.02. The molecule has 0 aliphatic heterocycles. The van der Waals surface area contributed by atoms with E-state index in [4.69, 9.17) is 8.94 Å². The fourth-order valence-corrected chi connectivity index (χ4v) is 2.14. The Bertz CT molecular complexity index is 542. The molecule has 0 saturated heterocycles. The normalized spacial score (nSPS) is 15.3. The number of hydrogen-bond donors (Lipinski definition) is 0. The molecular weight excluding hydrogens is 242 g/mol. The molecular formula is C14H19N3O2. The Morgan fingerprint density at radius 1 is 1.32 bits per heavy atom. The molecule has 102 valence electrons. The van der Waals surface area contributed by atoms with Crippen molar-refractivity contribution < 1.29 is 8.94 Å². The maximum atomic E-state index is 5.55. The first-order valence-corrected chi connectivity index (χ1v) is 6.74. The quantitative estimate of drug-likeness (QED) is 0.800. The Hall–Kier alpha value is -1.62. The maximum Gasteiger partial charge on any atom is 0.240 e. The van der Waals surface area contributed by atoms with E-state index in [1.165, 1.54) is 12.8 Å². The molecule has 0 spiro atoms. The maximum absolute atomic E-state index is 5.55. The SMILES string of the molecule is Cc1ccc(CN(C)Cc2nc(CC3CC3)no2)o1. The van der Waals surface area contributed by atoms with Crippen molar-refractivity contribution in [1.29, 1.82) is 0 Å². The molecule has 3 rings (SSSR count). The summed E-state index contributed by atoms with van der Waals surface area (Å²) in [6, 6.07) is 3.97. The molecule has 0 unspecified atom stereocenters. The van der Waals surface area contributed by atoms with E-state index >= 15 is 0 Å². The molecule has 5 nitrogen and oxygen atoms in total. The molecule has 0 amide bonds. The first-order chi connectivity index (χ1) is 9.19. The van der Waals surface area contributed by atoms with Gasteiger partial charge in [-0.25, -0.2) is 0 Å².